The van der Waals surface area contributed by atoms with Gasteiger partial charge in [-0.2, -0.15) is 4.57 Å². The zero-order valence-corrected chi connectivity index (χ0v) is 23.1. The third-order valence-electron chi connectivity index (χ3n) is 8.04. The number of benzene rings is 3. The number of rotatable bonds is 4. The van der Waals surface area contributed by atoms with Gasteiger partial charge in [-0.1, -0.05) is 76.2 Å². The molecule has 37 heavy (non-hydrogen) atoms. The Labute approximate surface area is 220 Å². The average Bonchev–Trinajstić information content (AvgIpc) is 3.37. The van der Waals surface area contributed by atoms with Crippen molar-refractivity contribution >= 4 is 11.0 Å². The second-order valence-corrected chi connectivity index (χ2v) is 11.2. The van der Waals surface area contributed by atoms with E-state index in [1.165, 1.54) is 67.2 Å². The van der Waals surface area contributed by atoms with Gasteiger partial charge in [-0.05, 0) is 55.0 Å². The Morgan fingerprint density at radius 1 is 0.784 bits per heavy atom. The number of pyridine rings is 1. The van der Waals surface area contributed by atoms with Gasteiger partial charge in [0.05, 0.1) is 18.3 Å². The number of nitrogens with zero attached hydrogens (tertiary/aromatic N) is 3. The maximum Gasteiger partial charge on any atom is 0.295 e. The average molecular weight is 487 g/mol. The van der Waals surface area contributed by atoms with Crippen LogP contribution < -0.4 is 4.57 Å². The zero-order chi connectivity index (χ0) is 26.0. The van der Waals surface area contributed by atoms with Crippen LogP contribution in [0, 0.1) is 13.8 Å². The Hall–Kier alpha value is -3.72. The molecular formula is C34H36N3+. The fourth-order valence-electron chi connectivity index (χ4n) is 6.23. The van der Waals surface area contributed by atoms with Crippen LogP contribution >= 0.6 is 0 Å². The monoisotopic (exact) mass is 486 g/mol. The first-order chi connectivity index (χ1) is 17.8. The topological polar surface area (TPSA) is 21.7 Å². The lowest BCUT2D eigenvalue weighted by atomic mass is 9.92. The highest BCUT2D eigenvalue weighted by Crippen LogP contribution is 2.43. The summed E-state index contributed by atoms with van der Waals surface area (Å²) in [5, 5.41) is 0. The van der Waals surface area contributed by atoms with Crippen molar-refractivity contribution in [1.29, 1.82) is 0 Å². The normalized spacial score (nSPS) is 12.6. The number of para-hydroxylation sites is 1. The number of aromatic nitrogens is 3. The molecule has 0 amide bonds. The summed E-state index contributed by atoms with van der Waals surface area (Å²) in [6.07, 6.45) is 0.896. The van der Waals surface area contributed by atoms with Crippen molar-refractivity contribution in [2.75, 3.05) is 0 Å². The highest BCUT2D eigenvalue weighted by atomic mass is 15.2. The van der Waals surface area contributed by atoms with Crippen molar-refractivity contribution in [3.05, 3.63) is 100 Å². The molecule has 2 aromatic heterocycles. The van der Waals surface area contributed by atoms with E-state index in [-0.39, 0.29) is 0 Å². The molecule has 0 radical (unpaired) electrons. The van der Waals surface area contributed by atoms with E-state index in [2.05, 4.69) is 124 Å². The van der Waals surface area contributed by atoms with E-state index < -0.39 is 0 Å². The first kappa shape index (κ1) is 23.7. The minimum absolute atomic E-state index is 0.406. The molecule has 0 atom stereocenters. The van der Waals surface area contributed by atoms with Crippen molar-refractivity contribution < 1.29 is 4.57 Å². The third kappa shape index (κ3) is 3.55. The van der Waals surface area contributed by atoms with Gasteiger partial charge in [0.25, 0.3) is 5.82 Å². The molecule has 0 aliphatic heterocycles. The SMILES string of the molecule is Cc1ccc2c(n1)Cc1ccc3c(c1-2)[n+](C)c(-c1ccccc1C)n3-c1c(C(C)C)cccc1C(C)C. The molecule has 0 bridgehead atoms. The van der Waals surface area contributed by atoms with Crippen LogP contribution in [0.5, 0.6) is 0 Å². The molecule has 3 heteroatoms. The molecular weight excluding hydrogens is 450 g/mol. The number of hydrogen-bond acceptors (Lipinski definition) is 1. The largest absolute Gasteiger partial charge is 0.295 e. The molecule has 6 rings (SSSR count). The summed E-state index contributed by atoms with van der Waals surface area (Å²) >= 11 is 0. The molecule has 1 aliphatic carbocycles. The number of imidazole rings is 1. The standard InChI is InChI=1S/C34H36N3/c1-20(2)25-13-10-14-26(21(3)4)32(25)37-30-18-16-24-19-29-28(17-15-23(6)35-29)31(24)33(30)36(7)34(37)27-12-9-8-11-22(27)5/h8-18,20-21H,19H2,1-7H3/q+1. The van der Waals surface area contributed by atoms with E-state index >= 15 is 0 Å². The summed E-state index contributed by atoms with van der Waals surface area (Å²) in [6, 6.07) is 24.7. The Morgan fingerprint density at radius 3 is 2.16 bits per heavy atom. The van der Waals surface area contributed by atoms with Crippen LogP contribution in [0.4, 0.5) is 0 Å². The summed E-state index contributed by atoms with van der Waals surface area (Å²) < 4.78 is 4.99. The van der Waals surface area contributed by atoms with E-state index in [1.807, 2.05) is 0 Å². The molecule has 0 saturated carbocycles. The summed E-state index contributed by atoms with van der Waals surface area (Å²) in [7, 11) is 2.24. The maximum atomic E-state index is 4.92. The van der Waals surface area contributed by atoms with E-state index in [0.717, 1.165) is 12.1 Å². The first-order valence-electron chi connectivity index (χ1n) is 13.5. The minimum Gasteiger partial charge on any atom is -0.257 e. The quantitative estimate of drug-likeness (QED) is 0.232. The van der Waals surface area contributed by atoms with Crippen molar-refractivity contribution in [3.63, 3.8) is 0 Å². The second-order valence-electron chi connectivity index (χ2n) is 11.2. The van der Waals surface area contributed by atoms with Gasteiger partial charge in [-0.25, -0.2) is 4.57 Å². The Bertz CT molecular complexity index is 1660. The van der Waals surface area contributed by atoms with E-state index in [9.17, 15) is 0 Å². The van der Waals surface area contributed by atoms with Crippen LogP contribution in [0.1, 0.15) is 73.2 Å². The van der Waals surface area contributed by atoms with Crippen LogP contribution in [0.3, 0.4) is 0 Å². The van der Waals surface area contributed by atoms with E-state index in [0.29, 0.717) is 11.8 Å². The molecule has 2 heterocycles. The van der Waals surface area contributed by atoms with Gasteiger partial charge >= 0.3 is 0 Å². The number of hydrogen-bond donors (Lipinski definition) is 0. The predicted molar refractivity (Wildman–Crippen MR) is 154 cm³/mol. The molecule has 5 aromatic rings. The van der Waals surface area contributed by atoms with Gasteiger partial charge in [-0.15, -0.1) is 0 Å². The summed E-state index contributed by atoms with van der Waals surface area (Å²) in [5.74, 6) is 2.04. The first-order valence-corrected chi connectivity index (χ1v) is 13.5. The van der Waals surface area contributed by atoms with Crippen LogP contribution in [0.2, 0.25) is 0 Å². The van der Waals surface area contributed by atoms with E-state index in [4.69, 9.17) is 4.98 Å². The van der Waals surface area contributed by atoms with Gasteiger partial charge in [0, 0.05) is 34.4 Å². The Balaban J connectivity index is 1.82. The van der Waals surface area contributed by atoms with Gasteiger partial charge < -0.3 is 0 Å². The van der Waals surface area contributed by atoms with Crippen molar-refractivity contribution in [2.24, 2.45) is 7.05 Å². The molecule has 3 nitrogen and oxygen atoms in total. The molecule has 0 N–H and O–H groups in total. The Morgan fingerprint density at radius 2 is 1.49 bits per heavy atom. The minimum atomic E-state index is 0.406. The van der Waals surface area contributed by atoms with Crippen molar-refractivity contribution in [3.8, 4) is 28.2 Å². The highest BCUT2D eigenvalue weighted by Gasteiger charge is 2.35. The number of fused-ring (bicyclic) bond motifs is 5. The molecule has 0 fully saturated rings. The lowest BCUT2D eigenvalue weighted by Gasteiger charge is -2.18. The van der Waals surface area contributed by atoms with Gasteiger partial charge in [0.2, 0.25) is 0 Å². The highest BCUT2D eigenvalue weighted by molar-refractivity contribution is 5.97. The summed E-state index contributed by atoms with van der Waals surface area (Å²) in [6.45, 7) is 13.5. The molecule has 0 spiro atoms. The maximum absolute atomic E-state index is 4.92. The lowest BCUT2D eigenvalue weighted by molar-refractivity contribution is -0.633. The second kappa shape index (κ2) is 8.69. The number of aryl methyl sites for hydroxylation is 3. The van der Waals surface area contributed by atoms with Crippen molar-refractivity contribution in [2.45, 2.75) is 59.8 Å². The molecule has 3 aromatic carbocycles. The molecule has 0 unspecified atom stereocenters. The molecule has 0 saturated heterocycles. The van der Waals surface area contributed by atoms with Crippen LogP contribution in [0.15, 0.2) is 66.7 Å². The smallest absolute Gasteiger partial charge is 0.257 e. The molecule has 186 valence electrons. The molecule has 1 aliphatic rings. The predicted octanol–water partition coefficient (Wildman–Crippen LogP) is 7.95. The Kier molecular flexibility index (Phi) is 5.56. The fraction of sp³-hybridized carbons (Fsp3) is 0.294. The van der Waals surface area contributed by atoms with Crippen molar-refractivity contribution in [1.82, 2.24) is 9.55 Å². The summed E-state index contributed by atoms with van der Waals surface area (Å²) in [5.41, 5.74) is 15.4. The fourth-order valence-corrected chi connectivity index (χ4v) is 6.23. The van der Waals surface area contributed by atoms with Gasteiger partial charge in [0.1, 0.15) is 5.69 Å². The zero-order valence-electron chi connectivity index (χ0n) is 23.1. The van der Waals surface area contributed by atoms with Gasteiger partial charge in [-0.3, -0.25) is 4.98 Å². The van der Waals surface area contributed by atoms with Gasteiger partial charge in [0.15, 0.2) is 11.0 Å². The third-order valence-corrected chi connectivity index (χ3v) is 8.04. The summed E-state index contributed by atoms with van der Waals surface area (Å²) in [4.78, 5) is 4.92. The van der Waals surface area contributed by atoms with E-state index in [1.54, 1.807) is 0 Å². The van der Waals surface area contributed by atoms with Crippen LogP contribution in [-0.2, 0) is 13.5 Å². The lowest BCUT2D eigenvalue weighted by Crippen LogP contribution is -2.31. The van der Waals surface area contributed by atoms with Crippen LogP contribution in [0.25, 0.3) is 39.2 Å². The van der Waals surface area contributed by atoms with Crippen LogP contribution in [-0.4, -0.2) is 9.55 Å².